The maximum Gasteiger partial charge on any atom is 0.229 e. The van der Waals surface area contributed by atoms with Crippen LogP contribution in [0.4, 0.5) is 5.69 Å². The summed E-state index contributed by atoms with van der Waals surface area (Å²) < 4.78 is 5.12. The summed E-state index contributed by atoms with van der Waals surface area (Å²) in [4.78, 5) is 38.3. The van der Waals surface area contributed by atoms with Crippen LogP contribution in [-0.2, 0) is 16.1 Å². The van der Waals surface area contributed by atoms with Crippen molar-refractivity contribution in [2.24, 2.45) is 17.3 Å². The molecule has 1 fully saturated rings. The van der Waals surface area contributed by atoms with Gasteiger partial charge in [0.1, 0.15) is 5.75 Å². The van der Waals surface area contributed by atoms with Crippen molar-refractivity contribution in [1.29, 1.82) is 0 Å². The Morgan fingerprint density at radius 1 is 1.15 bits per heavy atom. The number of methoxy groups -OCH3 is 1. The Labute approximate surface area is 156 Å². The molecule has 2 aromatic carbocycles. The first kappa shape index (κ1) is 17.3. The molecule has 1 aliphatic heterocycles. The highest BCUT2D eigenvalue weighted by Gasteiger charge is 2.73. The Morgan fingerprint density at radius 3 is 2.56 bits per heavy atom. The molecule has 0 unspecified atom stereocenters. The van der Waals surface area contributed by atoms with Crippen LogP contribution in [0.2, 0.25) is 0 Å². The van der Waals surface area contributed by atoms with Gasteiger partial charge in [-0.25, -0.2) is 0 Å². The first-order valence-electron chi connectivity index (χ1n) is 8.82. The van der Waals surface area contributed by atoms with Crippen molar-refractivity contribution in [2.45, 2.75) is 13.5 Å². The second kappa shape index (κ2) is 6.23. The van der Waals surface area contributed by atoms with Crippen molar-refractivity contribution in [3.63, 3.8) is 0 Å². The third-order valence-corrected chi connectivity index (χ3v) is 5.63. The summed E-state index contributed by atoms with van der Waals surface area (Å²) in [5.41, 5.74) is 0.886. The predicted octanol–water partition coefficient (Wildman–Crippen LogP) is 2.40. The molecular weight excluding hydrogens is 344 g/mol. The molecule has 6 heteroatoms. The van der Waals surface area contributed by atoms with E-state index in [1.807, 2.05) is 24.3 Å². The molecule has 0 saturated heterocycles. The molecule has 1 heterocycles. The monoisotopic (exact) mass is 364 g/mol. The van der Waals surface area contributed by atoms with Gasteiger partial charge in [-0.2, -0.15) is 0 Å². The number of rotatable bonds is 4. The van der Waals surface area contributed by atoms with Gasteiger partial charge in [0.15, 0.2) is 5.78 Å². The highest BCUT2D eigenvalue weighted by molar-refractivity contribution is 6.19. The van der Waals surface area contributed by atoms with E-state index in [1.54, 1.807) is 38.3 Å². The molecule has 2 amide bonds. The van der Waals surface area contributed by atoms with Crippen molar-refractivity contribution in [3.05, 3.63) is 59.7 Å². The fraction of sp³-hybridized carbons (Fsp3) is 0.286. The number of ketones is 1. The zero-order valence-corrected chi connectivity index (χ0v) is 15.1. The zero-order chi connectivity index (χ0) is 19.2. The number of nitrogens with one attached hydrogen (secondary N) is 2. The molecule has 6 nitrogen and oxygen atoms in total. The summed E-state index contributed by atoms with van der Waals surface area (Å²) in [6, 6.07) is 14.3. The van der Waals surface area contributed by atoms with E-state index in [1.165, 1.54) is 0 Å². The Kier molecular flexibility index (Phi) is 3.98. The number of para-hydroxylation sites is 1. The minimum Gasteiger partial charge on any atom is -0.497 e. The van der Waals surface area contributed by atoms with E-state index in [-0.39, 0.29) is 17.6 Å². The Balaban J connectivity index is 1.51. The van der Waals surface area contributed by atoms with Crippen molar-refractivity contribution in [3.8, 4) is 5.75 Å². The van der Waals surface area contributed by atoms with Crippen LogP contribution in [0.3, 0.4) is 0 Å². The number of anilines is 1. The number of fused-ring (bicyclic) bond motifs is 2. The lowest BCUT2D eigenvalue weighted by atomic mass is 9.92. The van der Waals surface area contributed by atoms with E-state index in [0.29, 0.717) is 17.8 Å². The fourth-order valence-electron chi connectivity index (χ4n) is 3.98. The number of Topliss-reactive ketones (excluding diaryl/α,β-unsaturated/α-hetero) is 1. The van der Waals surface area contributed by atoms with Crippen molar-refractivity contribution >= 4 is 23.3 Å². The summed E-state index contributed by atoms with van der Waals surface area (Å²) in [7, 11) is 1.59. The Hall–Kier alpha value is -3.15. The molecule has 138 valence electrons. The van der Waals surface area contributed by atoms with Gasteiger partial charge in [-0.1, -0.05) is 31.2 Å². The zero-order valence-electron chi connectivity index (χ0n) is 15.1. The lowest BCUT2D eigenvalue weighted by Crippen LogP contribution is -2.29. The van der Waals surface area contributed by atoms with E-state index >= 15 is 0 Å². The molecule has 0 bridgehead atoms. The number of carbonyl (C=O) groups excluding carboxylic acids is 3. The van der Waals surface area contributed by atoms with Gasteiger partial charge >= 0.3 is 0 Å². The summed E-state index contributed by atoms with van der Waals surface area (Å²) >= 11 is 0. The standard InChI is InChI=1S/C21H20N2O4/c1-21-16(19(25)22-11-12-7-9-13(27-2)10-8-12)17(21)20(26)23-15-6-4-3-5-14(15)18(21)24/h3-10,16-17H,11H2,1-2H3,(H,22,25)(H,23,26)/t16-,17-,21+/m0/s1. The second-order valence-electron chi connectivity index (χ2n) is 7.17. The number of hydrogen-bond donors (Lipinski definition) is 2. The van der Waals surface area contributed by atoms with Crippen LogP contribution in [0, 0.1) is 17.3 Å². The van der Waals surface area contributed by atoms with E-state index in [2.05, 4.69) is 10.6 Å². The number of ether oxygens (including phenoxy) is 1. The minimum atomic E-state index is -0.999. The molecule has 0 spiro atoms. The van der Waals surface area contributed by atoms with Gasteiger partial charge in [0.2, 0.25) is 11.8 Å². The van der Waals surface area contributed by atoms with Crippen LogP contribution in [-0.4, -0.2) is 24.7 Å². The highest BCUT2D eigenvalue weighted by atomic mass is 16.5. The number of benzene rings is 2. The lowest BCUT2D eigenvalue weighted by molar-refractivity contribution is -0.125. The van der Waals surface area contributed by atoms with E-state index in [0.717, 1.165) is 11.3 Å². The first-order valence-corrected chi connectivity index (χ1v) is 8.82. The predicted molar refractivity (Wildman–Crippen MR) is 99.3 cm³/mol. The molecule has 3 atom stereocenters. The summed E-state index contributed by atoms with van der Waals surface area (Å²) in [6.07, 6.45) is 0. The molecule has 0 radical (unpaired) electrons. The van der Waals surface area contributed by atoms with Crippen LogP contribution < -0.4 is 15.4 Å². The van der Waals surface area contributed by atoms with Crippen molar-refractivity contribution < 1.29 is 19.1 Å². The SMILES string of the molecule is COc1ccc(CNC(=O)[C@@H]2[C@H]3C(=O)Nc4ccccc4C(=O)[C@]23C)cc1. The van der Waals surface area contributed by atoms with Crippen LogP contribution in [0.15, 0.2) is 48.5 Å². The largest absolute Gasteiger partial charge is 0.497 e. The highest BCUT2D eigenvalue weighted by Crippen LogP contribution is 2.62. The number of amides is 2. The van der Waals surface area contributed by atoms with Crippen LogP contribution in [0.5, 0.6) is 5.75 Å². The molecule has 1 aliphatic carbocycles. The van der Waals surface area contributed by atoms with Crippen LogP contribution >= 0.6 is 0 Å². The summed E-state index contributed by atoms with van der Waals surface area (Å²) in [5.74, 6) is -1.28. The Bertz CT molecular complexity index is 937. The average Bonchev–Trinajstić information content (AvgIpc) is 3.34. The molecule has 4 rings (SSSR count). The van der Waals surface area contributed by atoms with Gasteiger partial charge in [-0.15, -0.1) is 0 Å². The first-order chi connectivity index (χ1) is 13.0. The molecule has 0 aromatic heterocycles. The molecule has 2 aromatic rings. The van der Waals surface area contributed by atoms with Gasteiger partial charge in [-0.3, -0.25) is 14.4 Å². The Morgan fingerprint density at radius 2 is 1.85 bits per heavy atom. The van der Waals surface area contributed by atoms with Gasteiger partial charge in [0, 0.05) is 12.1 Å². The molecule has 1 saturated carbocycles. The third kappa shape index (κ3) is 2.68. The van der Waals surface area contributed by atoms with Crippen molar-refractivity contribution in [1.82, 2.24) is 5.32 Å². The van der Waals surface area contributed by atoms with Crippen LogP contribution in [0.1, 0.15) is 22.8 Å². The summed E-state index contributed by atoms with van der Waals surface area (Å²) in [6.45, 7) is 2.04. The topological polar surface area (TPSA) is 84.5 Å². The van der Waals surface area contributed by atoms with Gasteiger partial charge in [0.05, 0.1) is 30.0 Å². The average molecular weight is 364 g/mol. The quantitative estimate of drug-likeness (QED) is 0.872. The maximum absolute atomic E-state index is 13.0. The maximum atomic E-state index is 13.0. The van der Waals surface area contributed by atoms with E-state index in [4.69, 9.17) is 4.74 Å². The molecular formula is C21H20N2O4. The van der Waals surface area contributed by atoms with E-state index < -0.39 is 17.3 Å². The summed E-state index contributed by atoms with van der Waals surface area (Å²) in [5, 5.41) is 5.64. The van der Waals surface area contributed by atoms with Crippen LogP contribution in [0.25, 0.3) is 0 Å². The van der Waals surface area contributed by atoms with E-state index in [9.17, 15) is 14.4 Å². The second-order valence-corrected chi connectivity index (χ2v) is 7.17. The molecule has 2 aliphatic rings. The van der Waals surface area contributed by atoms with Gasteiger partial charge in [0.25, 0.3) is 0 Å². The smallest absolute Gasteiger partial charge is 0.229 e. The number of carbonyl (C=O) groups is 3. The lowest BCUT2D eigenvalue weighted by Gasteiger charge is -2.12. The third-order valence-electron chi connectivity index (χ3n) is 5.63. The van der Waals surface area contributed by atoms with Gasteiger partial charge in [-0.05, 0) is 29.8 Å². The molecule has 2 N–H and O–H groups in total. The molecule has 27 heavy (non-hydrogen) atoms. The number of hydrogen-bond acceptors (Lipinski definition) is 4. The normalized spacial score (nSPS) is 25.6. The minimum absolute atomic E-state index is 0.161. The van der Waals surface area contributed by atoms with Crippen molar-refractivity contribution in [2.75, 3.05) is 12.4 Å². The van der Waals surface area contributed by atoms with Gasteiger partial charge < -0.3 is 15.4 Å². The fourth-order valence-corrected chi connectivity index (χ4v) is 3.98.